The van der Waals surface area contributed by atoms with Gasteiger partial charge in [0.05, 0.1) is 19.8 Å². The number of esters is 1. The summed E-state index contributed by atoms with van der Waals surface area (Å²) in [6.07, 6.45) is 2.08. The number of allylic oxidation sites excluding steroid dienone is 2. The molecule has 0 amide bonds. The summed E-state index contributed by atoms with van der Waals surface area (Å²) in [6, 6.07) is 17.8. The second kappa shape index (κ2) is 7.48. The molecule has 2 aromatic rings. The summed E-state index contributed by atoms with van der Waals surface area (Å²) in [7, 11) is 3.07. The number of carbonyl (C=O) groups is 1. The lowest BCUT2D eigenvalue weighted by Crippen LogP contribution is -2.28. The first-order valence-electron chi connectivity index (χ1n) is 8.52. The molecule has 1 heterocycles. The number of hydrogen-bond acceptors (Lipinski definition) is 4. The van der Waals surface area contributed by atoms with Gasteiger partial charge in [0, 0.05) is 23.5 Å². The lowest BCUT2D eigenvalue weighted by atomic mass is 9.82. The van der Waals surface area contributed by atoms with Gasteiger partial charge in [-0.3, -0.25) is 0 Å². The second-order valence-electron chi connectivity index (χ2n) is 6.28. The summed E-state index contributed by atoms with van der Waals surface area (Å²) in [6.45, 7) is 4.00. The van der Waals surface area contributed by atoms with Crippen LogP contribution < -0.4 is 9.64 Å². The van der Waals surface area contributed by atoms with Crippen molar-refractivity contribution in [2.75, 3.05) is 19.1 Å². The van der Waals surface area contributed by atoms with Crippen molar-refractivity contribution in [1.82, 2.24) is 0 Å². The maximum atomic E-state index is 12.6. The van der Waals surface area contributed by atoms with E-state index in [0.29, 0.717) is 5.57 Å². The van der Waals surface area contributed by atoms with E-state index in [9.17, 15) is 4.79 Å². The zero-order chi connectivity index (χ0) is 18.7. The van der Waals surface area contributed by atoms with Crippen LogP contribution in [0.5, 0.6) is 5.75 Å². The summed E-state index contributed by atoms with van der Waals surface area (Å²) < 4.78 is 10.3. The SMILES string of the molecule is COC(=O)C1=C(C)N(c2ccc(OC)cc2)C=C(C)C1c1ccccc1. The molecule has 4 nitrogen and oxygen atoms in total. The fourth-order valence-corrected chi connectivity index (χ4v) is 3.40. The lowest BCUT2D eigenvalue weighted by Gasteiger charge is -2.34. The van der Waals surface area contributed by atoms with E-state index >= 15 is 0 Å². The number of hydrogen-bond donors (Lipinski definition) is 0. The van der Waals surface area contributed by atoms with Gasteiger partial charge in [0.1, 0.15) is 5.75 Å². The molecule has 0 spiro atoms. The summed E-state index contributed by atoms with van der Waals surface area (Å²) in [5.41, 5.74) is 4.65. The quantitative estimate of drug-likeness (QED) is 0.753. The van der Waals surface area contributed by atoms with E-state index in [1.165, 1.54) is 7.11 Å². The van der Waals surface area contributed by atoms with Gasteiger partial charge in [-0.05, 0) is 49.2 Å². The smallest absolute Gasteiger partial charge is 0.336 e. The highest BCUT2D eigenvalue weighted by molar-refractivity contribution is 5.93. The first-order valence-corrected chi connectivity index (χ1v) is 8.52. The molecule has 0 bridgehead atoms. The molecule has 134 valence electrons. The molecule has 1 atom stereocenters. The molecule has 0 N–H and O–H groups in total. The van der Waals surface area contributed by atoms with E-state index in [4.69, 9.17) is 9.47 Å². The molecule has 2 aromatic carbocycles. The third kappa shape index (κ3) is 3.23. The second-order valence-corrected chi connectivity index (χ2v) is 6.28. The van der Waals surface area contributed by atoms with Crippen LogP contribution in [0.15, 0.2) is 77.6 Å². The Morgan fingerprint density at radius 3 is 2.19 bits per heavy atom. The minimum absolute atomic E-state index is 0.113. The summed E-state index contributed by atoms with van der Waals surface area (Å²) in [5.74, 6) is 0.379. The topological polar surface area (TPSA) is 38.8 Å². The van der Waals surface area contributed by atoms with Crippen LogP contribution in [0.3, 0.4) is 0 Å². The van der Waals surface area contributed by atoms with Crippen LogP contribution >= 0.6 is 0 Å². The van der Waals surface area contributed by atoms with Crippen molar-refractivity contribution in [1.29, 1.82) is 0 Å². The molecule has 0 saturated carbocycles. The number of ether oxygens (including phenoxy) is 2. The van der Waals surface area contributed by atoms with Gasteiger partial charge in [-0.15, -0.1) is 0 Å². The summed E-state index contributed by atoms with van der Waals surface area (Å²) in [4.78, 5) is 14.7. The van der Waals surface area contributed by atoms with Gasteiger partial charge in [-0.1, -0.05) is 30.3 Å². The number of benzene rings is 2. The van der Waals surface area contributed by atoms with Gasteiger partial charge in [-0.25, -0.2) is 4.79 Å². The van der Waals surface area contributed by atoms with E-state index in [0.717, 1.165) is 28.3 Å². The largest absolute Gasteiger partial charge is 0.497 e. The highest BCUT2D eigenvalue weighted by atomic mass is 16.5. The molecule has 4 heteroatoms. The first kappa shape index (κ1) is 17.8. The van der Waals surface area contributed by atoms with Crippen molar-refractivity contribution >= 4 is 11.7 Å². The van der Waals surface area contributed by atoms with Crippen molar-refractivity contribution in [2.45, 2.75) is 19.8 Å². The van der Waals surface area contributed by atoms with E-state index in [2.05, 4.69) is 6.20 Å². The van der Waals surface area contributed by atoms with Crippen molar-refractivity contribution in [2.24, 2.45) is 0 Å². The average Bonchev–Trinajstić information content (AvgIpc) is 2.69. The Hall–Kier alpha value is -3.01. The summed E-state index contributed by atoms with van der Waals surface area (Å²) in [5, 5.41) is 0. The van der Waals surface area contributed by atoms with Crippen LogP contribution in [0, 0.1) is 0 Å². The van der Waals surface area contributed by atoms with Gasteiger partial charge in [0.25, 0.3) is 0 Å². The molecule has 3 rings (SSSR count). The Bertz CT molecular complexity index is 851. The predicted octanol–water partition coefficient (Wildman–Crippen LogP) is 4.65. The van der Waals surface area contributed by atoms with Crippen molar-refractivity contribution in [3.05, 3.63) is 83.2 Å². The fourth-order valence-electron chi connectivity index (χ4n) is 3.40. The molecule has 1 unspecified atom stereocenters. The van der Waals surface area contributed by atoms with E-state index in [-0.39, 0.29) is 11.9 Å². The van der Waals surface area contributed by atoms with Crippen molar-refractivity contribution < 1.29 is 14.3 Å². The molecule has 26 heavy (non-hydrogen) atoms. The molecule has 0 saturated heterocycles. The monoisotopic (exact) mass is 349 g/mol. The lowest BCUT2D eigenvalue weighted by molar-refractivity contribution is -0.136. The maximum Gasteiger partial charge on any atom is 0.336 e. The Morgan fingerprint density at radius 1 is 0.962 bits per heavy atom. The number of rotatable bonds is 4. The average molecular weight is 349 g/mol. The minimum Gasteiger partial charge on any atom is -0.497 e. The molecule has 0 radical (unpaired) electrons. The van der Waals surface area contributed by atoms with Gasteiger partial charge in [0.2, 0.25) is 0 Å². The molecule has 0 aliphatic carbocycles. The van der Waals surface area contributed by atoms with Crippen LogP contribution in [0.25, 0.3) is 0 Å². The highest BCUT2D eigenvalue weighted by Gasteiger charge is 2.32. The Kier molecular flexibility index (Phi) is 5.12. The predicted molar refractivity (Wildman–Crippen MR) is 103 cm³/mol. The van der Waals surface area contributed by atoms with E-state index in [1.807, 2.05) is 73.3 Å². The summed E-state index contributed by atoms with van der Waals surface area (Å²) >= 11 is 0. The van der Waals surface area contributed by atoms with Crippen molar-refractivity contribution in [3.8, 4) is 5.75 Å². The van der Waals surface area contributed by atoms with Gasteiger partial charge < -0.3 is 14.4 Å². The highest BCUT2D eigenvalue weighted by Crippen LogP contribution is 2.40. The minimum atomic E-state index is -0.303. The standard InChI is InChI=1S/C22H23NO3/c1-15-14-23(18-10-12-19(25-3)13-11-18)16(2)21(22(24)26-4)20(15)17-8-6-5-7-9-17/h5-14,20H,1-4H3. The zero-order valence-corrected chi connectivity index (χ0v) is 15.5. The van der Waals surface area contributed by atoms with Crippen LogP contribution in [-0.2, 0) is 9.53 Å². The van der Waals surface area contributed by atoms with Gasteiger partial charge >= 0.3 is 5.97 Å². The van der Waals surface area contributed by atoms with E-state index in [1.54, 1.807) is 7.11 Å². The van der Waals surface area contributed by atoms with Gasteiger partial charge in [-0.2, -0.15) is 0 Å². The fraction of sp³-hybridized carbons (Fsp3) is 0.227. The molecule has 0 aromatic heterocycles. The number of anilines is 1. The molecule has 1 aliphatic rings. The maximum absolute atomic E-state index is 12.6. The van der Waals surface area contributed by atoms with Crippen molar-refractivity contribution in [3.63, 3.8) is 0 Å². The molecule has 1 aliphatic heterocycles. The number of carbonyl (C=O) groups excluding carboxylic acids is 1. The third-order valence-corrected chi connectivity index (χ3v) is 4.72. The number of nitrogens with zero attached hydrogens (tertiary/aromatic N) is 1. The van der Waals surface area contributed by atoms with Crippen LogP contribution in [-0.4, -0.2) is 20.2 Å². The first-order chi connectivity index (χ1) is 12.6. The Labute approximate surface area is 154 Å². The van der Waals surface area contributed by atoms with Crippen LogP contribution in [0.4, 0.5) is 5.69 Å². The van der Waals surface area contributed by atoms with Gasteiger partial charge in [0.15, 0.2) is 0 Å². The number of methoxy groups -OCH3 is 2. The molecule has 0 fully saturated rings. The van der Waals surface area contributed by atoms with E-state index < -0.39 is 0 Å². The normalized spacial score (nSPS) is 17.0. The van der Waals surface area contributed by atoms with Crippen LogP contribution in [0.1, 0.15) is 25.3 Å². The van der Waals surface area contributed by atoms with Crippen LogP contribution in [0.2, 0.25) is 0 Å². The third-order valence-electron chi connectivity index (χ3n) is 4.72. The molecular formula is C22H23NO3. The molecular weight excluding hydrogens is 326 g/mol. The Balaban J connectivity index is 2.10. The Morgan fingerprint density at radius 2 is 1.62 bits per heavy atom. The zero-order valence-electron chi connectivity index (χ0n) is 15.5.